The zero-order valence-corrected chi connectivity index (χ0v) is 10.1. The number of fused-ring (bicyclic) bond motifs is 3. The molecule has 1 saturated heterocycles. The van der Waals surface area contributed by atoms with Gasteiger partial charge in [0.25, 0.3) is 0 Å². The third kappa shape index (κ3) is 1.36. The van der Waals surface area contributed by atoms with Crippen LogP contribution in [0.25, 0.3) is 0 Å². The Hall–Kier alpha value is -1.06. The van der Waals surface area contributed by atoms with Gasteiger partial charge in [0.1, 0.15) is 0 Å². The molecule has 1 aromatic rings. The van der Waals surface area contributed by atoms with E-state index in [4.69, 9.17) is 0 Å². The predicted molar refractivity (Wildman–Crippen MR) is 69.5 cm³/mol. The Bertz CT molecular complexity index is 443. The van der Waals surface area contributed by atoms with Crippen LogP contribution in [-0.4, -0.2) is 32.2 Å². The van der Waals surface area contributed by atoms with Gasteiger partial charge in [-0.05, 0) is 24.1 Å². The average molecular weight is 229 g/mol. The molecule has 3 nitrogen and oxygen atoms in total. The van der Waals surface area contributed by atoms with E-state index in [1.165, 1.54) is 25.1 Å². The second-order valence-corrected chi connectivity index (χ2v) is 5.39. The predicted octanol–water partition coefficient (Wildman–Crippen LogP) is 1.06. The normalized spacial score (nSPS) is 30.7. The summed E-state index contributed by atoms with van der Waals surface area (Å²) in [7, 11) is 0. The molecule has 2 atom stereocenters. The maximum Gasteiger partial charge on any atom is 0.0451 e. The van der Waals surface area contributed by atoms with Crippen molar-refractivity contribution in [3.63, 3.8) is 0 Å². The molecule has 0 unspecified atom stereocenters. The fourth-order valence-corrected chi connectivity index (χ4v) is 3.80. The SMILES string of the molecule is c1cc2c3c(c1)[C@H]1CNCC[C@H]1N3CCNC2. The minimum Gasteiger partial charge on any atom is -0.366 e. The standard InChI is InChI=1S/C14H19N3/c1-2-10-8-16-6-7-17-13-4-5-15-9-12(13)11(3-1)14(10)17/h1-3,12-13,15-16H,4-9H2/t12-,13-/m1/s1. The molecule has 1 fully saturated rings. The maximum absolute atomic E-state index is 3.55. The number of piperidine rings is 1. The number of hydrogen-bond acceptors (Lipinski definition) is 3. The summed E-state index contributed by atoms with van der Waals surface area (Å²) < 4.78 is 0. The molecule has 2 N–H and O–H groups in total. The van der Waals surface area contributed by atoms with Crippen LogP contribution in [0.5, 0.6) is 0 Å². The van der Waals surface area contributed by atoms with E-state index in [-0.39, 0.29) is 0 Å². The number of hydrogen-bond donors (Lipinski definition) is 2. The van der Waals surface area contributed by atoms with Crippen molar-refractivity contribution < 1.29 is 0 Å². The molecular weight excluding hydrogens is 210 g/mol. The maximum atomic E-state index is 3.55. The van der Waals surface area contributed by atoms with E-state index in [1.54, 1.807) is 11.3 Å². The molecule has 3 heterocycles. The molecule has 4 rings (SSSR count). The Morgan fingerprint density at radius 3 is 3.18 bits per heavy atom. The summed E-state index contributed by atoms with van der Waals surface area (Å²) in [5.74, 6) is 0.719. The molecule has 1 aromatic carbocycles. The number of benzene rings is 1. The molecule has 3 heteroatoms. The van der Waals surface area contributed by atoms with Crippen LogP contribution in [0, 0.1) is 0 Å². The zero-order chi connectivity index (χ0) is 11.2. The third-order valence-corrected chi connectivity index (χ3v) is 4.53. The van der Waals surface area contributed by atoms with Gasteiger partial charge in [0, 0.05) is 43.8 Å². The average Bonchev–Trinajstić information content (AvgIpc) is 2.56. The van der Waals surface area contributed by atoms with Crippen LogP contribution in [0.3, 0.4) is 0 Å². The minimum atomic E-state index is 0.719. The van der Waals surface area contributed by atoms with Crippen LogP contribution in [-0.2, 0) is 6.54 Å². The van der Waals surface area contributed by atoms with Gasteiger partial charge >= 0.3 is 0 Å². The summed E-state index contributed by atoms with van der Waals surface area (Å²) >= 11 is 0. The lowest BCUT2D eigenvalue weighted by Gasteiger charge is -2.33. The Morgan fingerprint density at radius 2 is 2.18 bits per heavy atom. The van der Waals surface area contributed by atoms with Crippen LogP contribution in [0.1, 0.15) is 23.5 Å². The molecule has 17 heavy (non-hydrogen) atoms. The fraction of sp³-hybridized carbons (Fsp3) is 0.571. The van der Waals surface area contributed by atoms with E-state index in [1.807, 2.05) is 0 Å². The molecule has 90 valence electrons. The van der Waals surface area contributed by atoms with Gasteiger partial charge in [-0.15, -0.1) is 0 Å². The molecule has 3 aliphatic rings. The van der Waals surface area contributed by atoms with Crippen LogP contribution < -0.4 is 15.5 Å². The lowest BCUT2D eigenvalue weighted by molar-refractivity contribution is 0.402. The van der Waals surface area contributed by atoms with Gasteiger partial charge in [0.2, 0.25) is 0 Å². The Labute approximate surface area is 102 Å². The smallest absolute Gasteiger partial charge is 0.0451 e. The monoisotopic (exact) mass is 229 g/mol. The van der Waals surface area contributed by atoms with E-state index < -0.39 is 0 Å². The summed E-state index contributed by atoms with van der Waals surface area (Å²) in [6.07, 6.45) is 1.29. The third-order valence-electron chi connectivity index (χ3n) is 4.53. The molecule has 0 aromatic heterocycles. The summed E-state index contributed by atoms with van der Waals surface area (Å²) in [4.78, 5) is 2.68. The van der Waals surface area contributed by atoms with Crippen molar-refractivity contribution in [2.45, 2.75) is 24.9 Å². The van der Waals surface area contributed by atoms with Crippen molar-refractivity contribution in [3.8, 4) is 0 Å². The van der Waals surface area contributed by atoms with E-state index in [9.17, 15) is 0 Å². The summed E-state index contributed by atoms with van der Waals surface area (Å²) in [5.41, 5.74) is 4.63. The molecule has 0 bridgehead atoms. The number of rotatable bonds is 0. The van der Waals surface area contributed by atoms with E-state index in [2.05, 4.69) is 33.7 Å². The highest BCUT2D eigenvalue weighted by Crippen LogP contribution is 2.45. The van der Waals surface area contributed by atoms with E-state index in [0.29, 0.717) is 0 Å². The molecule has 0 aliphatic carbocycles. The first-order valence-electron chi connectivity index (χ1n) is 6.75. The van der Waals surface area contributed by atoms with Gasteiger partial charge in [-0.2, -0.15) is 0 Å². The first-order valence-corrected chi connectivity index (χ1v) is 6.75. The van der Waals surface area contributed by atoms with Gasteiger partial charge < -0.3 is 15.5 Å². The first-order chi connectivity index (χ1) is 8.45. The first kappa shape index (κ1) is 9.92. The summed E-state index contributed by atoms with van der Waals surface area (Å²) in [5, 5.41) is 7.09. The second-order valence-electron chi connectivity index (χ2n) is 5.39. The summed E-state index contributed by atoms with van der Waals surface area (Å²) in [6, 6.07) is 7.60. The van der Waals surface area contributed by atoms with Crippen molar-refractivity contribution in [1.29, 1.82) is 0 Å². The fourth-order valence-electron chi connectivity index (χ4n) is 3.80. The number of nitrogens with one attached hydrogen (secondary N) is 2. The molecule has 3 aliphatic heterocycles. The van der Waals surface area contributed by atoms with Gasteiger partial charge in [-0.25, -0.2) is 0 Å². The van der Waals surface area contributed by atoms with Crippen LogP contribution in [0.2, 0.25) is 0 Å². The Morgan fingerprint density at radius 1 is 1.18 bits per heavy atom. The number of nitrogens with zero attached hydrogens (tertiary/aromatic N) is 1. The van der Waals surface area contributed by atoms with Gasteiger partial charge in [0.05, 0.1) is 0 Å². The number of para-hydroxylation sites is 1. The van der Waals surface area contributed by atoms with Crippen molar-refractivity contribution >= 4 is 5.69 Å². The molecule has 0 radical (unpaired) electrons. The zero-order valence-electron chi connectivity index (χ0n) is 10.1. The lowest BCUT2D eigenvalue weighted by atomic mass is 9.89. The highest BCUT2D eigenvalue weighted by atomic mass is 15.2. The van der Waals surface area contributed by atoms with Crippen molar-refractivity contribution in [1.82, 2.24) is 10.6 Å². The summed E-state index contributed by atoms with van der Waals surface area (Å²) in [6.45, 7) is 5.65. The van der Waals surface area contributed by atoms with E-state index >= 15 is 0 Å². The highest BCUT2D eigenvalue weighted by Gasteiger charge is 2.40. The van der Waals surface area contributed by atoms with Crippen LogP contribution in [0.4, 0.5) is 5.69 Å². The van der Waals surface area contributed by atoms with Crippen molar-refractivity contribution in [2.75, 3.05) is 31.1 Å². The molecule has 0 saturated carbocycles. The lowest BCUT2D eigenvalue weighted by Crippen LogP contribution is -2.45. The van der Waals surface area contributed by atoms with Crippen molar-refractivity contribution in [3.05, 3.63) is 29.3 Å². The molecule has 0 spiro atoms. The number of anilines is 1. The minimum absolute atomic E-state index is 0.719. The van der Waals surface area contributed by atoms with Crippen molar-refractivity contribution in [2.24, 2.45) is 0 Å². The Kier molecular flexibility index (Phi) is 2.17. The Balaban J connectivity index is 1.87. The molecular formula is C14H19N3. The van der Waals surface area contributed by atoms with Crippen LogP contribution >= 0.6 is 0 Å². The van der Waals surface area contributed by atoms with Gasteiger partial charge in [0.15, 0.2) is 0 Å². The largest absolute Gasteiger partial charge is 0.366 e. The topological polar surface area (TPSA) is 27.3 Å². The second kappa shape index (κ2) is 3.72. The van der Waals surface area contributed by atoms with E-state index in [0.717, 1.165) is 31.6 Å². The van der Waals surface area contributed by atoms with Crippen LogP contribution in [0.15, 0.2) is 18.2 Å². The highest BCUT2D eigenvalue weighted by molar-refractivity contribution is 5.67. The quantitative estimate of drug-likeness (QED) is 0.696. The molecule has 0 amide bonds. The van der Waals surface area contributed by atoms with Gasteiger partial charge in [-0.1, -0.05) is 18.2 Å². The van der Waals surface area contributed by atoms with Gasteiger partial charge in [-0.3, -0.25) is 0 Å².